The van der Waals surface area contributed by atoms with Gasteiger partial charge in [0.25, 0.3) is 0 Å². The lowest BCUT2D eigenvalue weighted by Gasteiger charge is -2.16. The van der Waals surface area contributed by atoms with Crippen LogP contribution in [0, 0.1) is 26.7 Å². The first-order valence-electron chi connectivity index (χ1n) is 8.78. The van der Waals surface area contributed by atoms with Gasteiger partial charge in [-0.25, -0.2) is 0 Å². The number of aromatic nitrogens is 4. The van der Waals surface area contributed by atoms with E-state index in [1.54, 1.807) is 23.4 Å². The summed E-state index contributed by atoms with van der Waals surface area (Å²) < 4.78 is 1.57. The number of hydrogen-bond donors (Lipinski definition) is 2. The topological polar surface area (TPSA) is 104 Å². The van der Waals surface area contributed by atoms with Crippen LogP contribution in [-0.4, -0.2) is 60.9 Å². The second-order valence-corrected chi connectivity index (χ2v) is 7.13. The number of carbonyl (C=O) groups excluding carboxylic acids is 2. The minimum absolute atomic E-state index is 0.0325. The Morgan fingerprint density at radius 2 is 2.04 bits per heavy atom. The second kappa shape index (κ2) is 7.03. The Labute approximate surface area is 152 Å². The summed E-state index contributed by atoms with van der Waals surface area (Å²) in [6.45, 7) is 7.87. The van der Waals surface area contributed by atoms with E-state index in [1.165, 1.54) is 6.92 Å². The number of rotatable bonds is 5. The van der Waals surface area contributed by atoms with Crippen molar-refractivity contribution in [2.45, 2.75) is 46.8 Å². The van der Waals surface area contributed by atoms with Crippen molar-refractivity contribution >= 4 is 11.7 Å². The number of H-pyrrole nitrogens is 1. The van der Waals surface area contributed by atoms with Crippen LogP contribution in [0.25, 0.3) is 0 Å². The molecule has 2 N–H and O–H groups in total. The highest BCUT2D eigenvalue weighted by Crippen LogP contribution is 2.22. The maximum absolute atomic E-state index is 12.7. The lowest BCUT2D eigenvalue weighted by atomic mass is 10.0. The molecule has 0 bridgehead atoms. The number of amides is 1. The van der Waals surface area contributed by atoms with Gasteiger partial charge in [-0.3, -0.25) is 19.4 Å². The number of carbonyl (C=O) groups is 2. The zero-order valence-electron chi connectivity index (χ0n) is 15.6. The summed E-state index contributed by atoms with van der Waals surface area (Å²) in [5.74, 6) is -0.190. The Morgan fingerprint density at radius 1 is 1.31 bits per heavy atom. The van der Waals surface area contributed by atoms with Crippen LogP contribution in [0.3, 0.4) is 0 Å². The maximum Gasteiger partial charge on any atom is 0.244 e. The lowest BCUT2D eigenvalue weighted by molar-refractivity contribution is -0.131. The van der Waals surface area contributed by atoms with Gasteiger partial charge in [0.15, 0.2) is 5.78 Å². The lowest BCUT2D eigenvalue weighted by Crippen LogP contribution is -2.33. The van der Waals surface area contributed by atoms with E-state index in [-0.39, 0.29) is 24.2 Å². The van der Waals surface area contributed by atoms with Crippen LogP contribution in [0.5, 0.6) is 0 Å². The van der Waals surface area contributed by atoms with Gasteiger partial charge in [-0.05, 0) is 40.2 Å². The average Bonchev–Trinajstić information content (AvgIpc) is 3.20. The van der Waals surface area contributed by atoms with Gasteiger partial charge in [-0.2, -0.15) is 10.2 Å². The van der Waals surface area contributed by atoms with E-state index in [0.717, 1.165) is 11.4 Å². The van der Waals surface area contributed by atoms with Gasteiger partial charge in [0.2, 0.25) is 5.91 Å². The molecule has 0 aromatic carbocycles. The number of aromatic amines is 1. The average molecular weight is 359 g/mol. The van der Waals surface area contributed by atoms with Crippen molar-refractivity contribution in [3.63, 3.8) is 0 Å². The minimum Gasteiger partial charge on any atom is -0.391 e. The number of hydrogen-bond acceptors (Lipinski definition) is 5. The van der Waals surface area contributed by atoms with E-state index < -0.39 is 6.10 Å². The van der Waals surface area contributed by atoms with Crippen LogP contribution in [0.15, 0.2) is 6.07 Å². The molecular formula is C18H25N5O3. The molecule has 8 heteroatoms. The number of aliphatic hydroxyl groups is 1. The van der Waals surface area contributed by atoms with Crippen LogP contribution in [0.4, 0.5) is 0 Å². The van der Waals surface area contributed by atoms with Gasteiger partial charge < -0.3 is 10.0 Å². The molecule has 1 aliphatic heterocycles. The first-order valence-corrected chi connectivity index (χ1v) is 8.78. The Balaban J connectivity index is 1.66. The number of β-amino-alcohol motifs (C(OH)–C–C–N with tert-alkyl or cyclic N) is 1. The number of aryl methyl sites for hydroxylation is 2. The predicted octanol–water partition coefficient (Wildman–Crippen LogP) is 0.796. The smallest absolute Gasteiger partial charge is 0.244 e. The molecule has 0 saturated carbocycles. The highest BCUT2D eigenvalue weighted by molar-refractivity contribution is 5.96. The van der Waals surface area contributed by atoms with Crippen LogP contribution in [-0.2, 0) is 17.8 Å². The quantitative estimate of drug-likeness (QED) is 0.769. The molecular weight excluding hydrogens is 334 g/mol. The largest absolute Gasteiger partial charge is 0.391 e. The molecule has 0 unspecified atom stereocenters. The SMILES string of the molecule is CC(=O)c1c(C)nn(CC(=O)N2C[C@@H](Cc3cc(C)[nH]n3)[C@H](O)C2)c1C. The number of ketones is 1. The van der Waals surface area contributed by atoms with Gasteiger partial charge in [0.1, 0.15) is 6.54 Å². The number of likely N-dealkylation sites (tertiary alicyclic amines) is 1. The molecule has 2 atom stereocenters. The summed E-state index contributed by atoms with van der Waals surface area (Å²) in [6.07, 6.45) is 0.0631. The number of nitrogens with one attached hydrogen (secondary N) is 1. The van der Waals surface area contributed by atoms with E-state index in [4.69, 9.17) is 0 Å². The summed E-state index contributed by atoms with van der Waals surface area (Å²) in [4.78, 5) is 26.0. The van der Waals surface area contributed by atoms with Gasteiger partial charge in [0.05, 0.1) is 23.1 Å². The fraction of sp³-hybridized carbons (Fsp3) is 0.556. The maximum atomic E-state index is 12.7. The van der Waals surface area contributed by atoms with Crippen molar-refractivity contribution in [3.8, 4) is 0 Å². The van der Waals surface area contributed by atoms with Crippen LogP contribution in [0.1, 0.15) is 40.1 Å². The zero-order chi connectivity index (χ0) is 19.0. The third kappa shape index (κ3) is 3.55. The number of nitrogens with zero attached hydrogens (tertiary/aromatic N) is 4. The van der Waals surface area contributed by atoms with Crippen LogP contribution >= 0.6 is 0 Å². The van der Waals surface area contributed by atoms with Gasteiger partial charge >= 0.3 is 0 Å². The summed E-state index contributed by atoms with van der Waals surface area (Å²) in [7, 11) is 0. The Bertz CT molecular complexity index is 838. The van der Waals surface area contributed by atoms with E-state index in [2.05, 4.69) is 15.3 Å². The standard InChI is InChI=1S/C18H25N5O3/c1-10-5-15(20-19-10)6-14-7-22(8-16(14)25)17(26)9-23-12(3)18(13(4)24)11(2)21-23/h5,14,16,25H,6-9H2,1-4H3,(H,19,20)/t14-,16-/m1/s1. The Kier molecular flexibility index (Phi) is 4.95. The molecule has 26 heavy (non-hydrogen) atoms. The molecule has 0 aliphatic carbocycles. The third-order valence-corrected chi connectivity index (χ3v) is 5.01. The molecule has 3 rings (SSSR count). The van der Waals surface area contributed by atoms with E-state index in [1.807, 2.05) is 13.0 Å². The predicted molar refractivity (Wildman–Crippen MR) is 94.8 cm³/mol. The first kappa shape index (κ1) is 18.3. The molecule has 1 amide bonds. The van der Waals surface area contributed by atoms with Crippen LogP contribution in [0.2, 0.25) is 0 Å². The molecule has 3 heterocycles. The number of Topliss-reactive ketones (excluding diaryl/α,β-unsaturated/α-hetero) is 1. The molecule has 1 fully saturated rings. The highest BCUT2D eigenvalue weighted by Gasteiger charge is 2.34. The molecule has 2 aromatic heterocycles. The van der Waals surface area contributed by atoms with Crippen molar-refractivity contribution in [3.05, 3.63) is 34.4 Å². The fourth-order valence-electron chi connectivity index (χ4n) is 3.69. The van der Waals surface area contributed by atoms with Crippen molar-refractivity contribution in [2.75, 3.05) is 13.1 Å². The second-order valence-electron chi connectivity index (χ2n) is 7.13. The molecule has 2 aromatic rings. The summed E-state index contributed by atoms with van der Waals surface area (Å²) in [5.41, 5.74) is 3.78. The zero-order valence-corrected chi connectivity index (χ0v) is 15.6. The summed E-state index contributed by atoms with van der Waals surface area (Å²) >= 11 is 0. The molecule has 1 aliphatic rings. The molecule has 0 spiro atoms. The molecule has 1 saturated heterocycles. The van der Waals surface area contributed by atoms with Crippen molar-refractivity contribution in [1.82, 2.24) is 24.9 Å². The number of aliphatic hydroxyl groups excluding tert-OH is 1. The minimum atomic E-state index is -0.566. The first-order chi connectivity index (χ1) is 12.3. The van der Waals surface area contributed by atoms with Crippen LogP contribution < -0.4 is 0 Å². The van der Waals surface area contributed by atoms with Gasteiger partial charge in [-0.15, -0.1) is 0 Å². The third-order valence-electron chi connectivity index (χ3n) is 5.01. The van der Waals surface area contributed by atoms with Gasteiger partial charge in [0, 0.05) is 30.4 Å². The normalized spacial score (nSPS) is 20.0. The van der Waals surface area contributed by atoms with E-state index >= 15 is 0 Å². The monoisotopic (exact) mass is 359 g/mol. The summed E-state index contributed by atoms with van der Waals surface area (Å²) in [5, 5.41) is 21.7. The molecule has 140 valence electrons. The van der Waals surface area contributed by atoms with Gasteiger partial charge in [-0.1, -0.05) is 0 Å². The molecule has 0 radical (unpaired) electrons. The highest BCUT2D eigenvalue weighted by atomic mass is 16.3. The summed E-state index contributed by atoms with van der Waals surface area (Å²) in [6, 6.07) is 1.95. The van der Waals surface area contributed by atoms with Crippen molar-refractivity contribution < 1.29 is 14.7 Å². The fourth-order valence-corrected chi connectivity index (χ4v) is 3.69. The van der Waals surface area contributed by atoms with Crippen molar-refractivity contribution in [2.24, 2.45) is 5.92 Å². The van der Waals surface area contributed by atoms with Crippen molar-refractivity contribution in [1.29, 1.82) is 0 Å². The molecule has 8 nitrogen and oxygen atoms in total. The Hall–Kier alpha value is -2.48. The van der Waals surface area contributed by atoms with E-state index in [9.17, 15) is 14.7 Å². The Morgan fingerprint density at radius 3 is 2.62 bits per heavy atom. The van der Waals surface area contributed by atoms with E-state index in [0.29, 0.717) is 36.5 Å².